The van der Waals surface area contributed by atoms with Crippen LogP contribution in [0.2, 0.25) is 0 Å². The summed E-state index contributed by atoms with van der Waals surface area (Å²) in [5, 5.41) is 4.45. The predicted octanol–water partition coefficient (Wildman–Crippen LogP) is 2.07. The standard InChI is InChI=1S/C18H30N4O2/c1-15(2)22-12-16(10-19-22)11-21-13-17(23)20(8-9-24-3)14-18(21)6-4-5-7-18/h10,12,15H,4-9,11,13-14H2,1-3H3. The number of carbonyl (C=O) groups is 1. The van der Waals surface area contributed by atoms with Crippen LogP contribution < -0.4 is 0 Å². The number of carbonyl (C=O) groups excluding carboxylic acids is 1. The Morgan fingerprint density at radius 3 is 2.71 bits per heavy atom. The minimum Gasteiger partial charge on any atom is -0.383 e. The molecule has 0 aromatic carbocycles. The van der Waals surface area contributed by atoms with E-state index in [-0.39, 0.29) is 11.4 Å². The van der Waals surface area contributed by atoms with Gasteiger partial charge < -0.3 is 9.64 Å². The molecule has 6 nitrogen and oxygen atoms in total. The molecule has 1 saturated carbocycles. The molecule has 1 aliphatic heterocycles. The van der Waals surface area contributed by atoms with Gasteiger partial charge >= 0.3 is 0 Å². The van der Waals surface area contributed by atoms with Crippen LogP contribution in [-0.2, 0) is 16.1 Å². The molecule has 1 aliphatic carbocycles. The topological polar surface area (TPSA) is 50.6 Å². The zero-order chi connectivity index (χ0) is 17.2. The first-order chi connectivity index (χ1) is 11.5. The van der Waals surface area contributed by atoms with Gasteiger partial charge in [-0.05, 0) is 26.7 Å². The van der Waals surface area contributed by atoms with E-state index in [1.54, 1.807) is 7.11 Å². The van der Waals surface area contributed by atoms with Crippen LogP contribution in [0.1, 0.15) is 51.1 Å². The Morgan fingerprint density at radius 2 is 2.08 bits per heavy atom. The molecular weight excluding hydrogens is 304 g/mol. The van der Waals surface area contributed by atoms with Crippen molar-refractivity contribution in [1.82, 2.24) is 19.6 Å². The largest absolute Gasteiger partial charge is 0.383 e. The molecule has 2 aliphatic rings. The SMILES string of the molecule is COCCN1CC2(CCCC2)N(Cc2cnn(C(C)C)c2)CC1=O. The number of aromatic nitrogens is 2. The van der Waals surface area contributed by atoms with Gasteiger partial charge in [0.05, 0.1) is 19.3 Å². The van der Waals surface area contributed by atoms with Crippen LogP contribution in [0.3, 0.4) is 0 Å². The van der Waals surface area contributed by atoms with Crippen LogP contribution in [0, 0.1) is 0 Å². The molecule has 1 aromatic heterocycles. The van der Waals surface area contributed by atoms with Crippen LogP contribution in [0.25, 0.3) is 0 Å². The highest BCUT2D eigenvalue weighted by Crippen LogP contribution is 2.39. The monoisotopic (exact) mass is 334 g/mol. The smallest absolute Gasteiger partial charge is 0.236 e. The van der Waals surface area contributed by atoms with Crippen molar-refractivity contribution < 1.29 is 9.53 Å². The molecule has 24 heavy (non-hydrogen) atoms. The molecule has 0 unspecified atom stereocenters. The van der Waals surface area contributed by atoms with Crippen LogP contribution in [0.5, 0.6) is 0 Å². The van der Waals surface area contributed by atoms with Gasteiger partial charge in [-0.1, -0.05) is 12.8 Å². The first-order valence-corrected chi connectivity index (χ1v) is 9.09. The normalized spacial score (nSPS) is 21.3. The molecule has 0 radical (unpaired) electrons. The van der Waals surface area contributed by atoms with Gasteiger partial charge in [0.15, 0.2) is 0 Å². The average molecular weight is 334 g/mol. The fraction of sp³-hybridized carbons (Fsp3) is 0.778. The molecular formula is C18H30N4O2. The van der Waals surface area contributed by atoms with Crippen molar-refractivity contribution in [3.8, 4) is 0 Å². The van der Waals surface area contributed by atoms with Gasteiger partial charge in [0, 0.05) is 50.1 Å². The highest BCUT2D eigenvalue weighted by molar-refractivity contribution is 5.79. The number of nitrogens with zero attached hydrogens (tertiary/aromatic N) is 4. The summed E-state index contributed by atoms with van der Waals surface area (Å²) in [6.45, 7) is 7.75. The molecule has 1 aromatic rings. The molecule has 134 valence electrons. The predicted molar refractivity (Wildman–Crippen MR) is 92.7 cm³/mol. The lowest BCUT2D eigenvalue weighted by Gasteiger charge is -2.48. The molecule has 2 fully saturated rings. The summed E-state index contributed by atoms with van der Waals surface area (Å²) >= 11 is 0. The van der Waals surface area contributed by atoms with Gasteiger partial charge in [0.1, 0.15) is 0 Å². The molecule has 2 heterocycles. The summed E-state index contributed by atoms with van der Waals surface area (Å²) in [6.07, 6.45) is 8.95. The molecule has 1 spiro atoms. The fourth-order valence-corrected chi connectivity index (χ4v) is 4.07. The van der Waals surface area contributed by atoms with E-state index in [1.165, 1.54) is 31.2 Å². The fourth-order valence-electron chi connectivity index (χ4n) is 4.07. The second-order valence-corrected chi connectivity index (χ2v) is 7.52. The van der Waals surface area contributed by atoms with E-state index in [0.717, 1.165) is 13.1 Å². The molecule has 0 N–H and O–H groups in total. The Bertz CT molecular complexity index is 563. The maximum absolute atomic E-state index is 12.6. The zero-order valence-electron chi connectivity index (χ0n) is 15.2. The minimum atomic E-state index is 0.140. The van der Waals surface area contributed by atoms with E-state index < -0.39 is 0 Å². The third-order valence-corrected chi connectivity index (χ3v) is 5.49. The quantitative estimate of drug-likeness (QED) is 0.799. The van der Waals surface area contributed by atoms with Gasteiger partial charge in [-0.3, -0.25) is 14.4 Å². The summed E-state index contributed by atoms with van der Waals surface area (Å²) < 4.78 is 7.17. The van der Waals surface area contributed by atoms with E-state index in [1.807, 2.05) is 15.8 Å². The molecule has 1 amide bonds. The molecule has 3 rings (SSSR count). The van der Waals surface area contributed by atoms with Crippen molar-refractivity contribution in [3.63, 3.8) is 0 Å². The van der Waals surface area contributed by atoms with E-state index in [2.05, 4.69) is 30.0 Å². The second-order valence-electron chi connectivity index (χ2n) is 7.52. The second kappa shape index (κ2) is 7.23. The summed E-state index contributed by atoms with van der Waals surface area (Å²) in [7, 11) is 1.69. The van der Waals surface area contributed by atoms with Crippen molar-refractivity contribution >= 4 is 5.91 Å². The number of amides is 1. The summed E-state index contributed by atoms with van der Waals surface area (Å²) in [5.41, 5.74) is 1.34. The zero-order valence-corrected chi connectivity index (χ0v) is 15.2. The van der Waals surface area contributed by atoms with Gasteiger partial charge in [-0.2, -0.15) is 5.10 Å². The van der Waals surface area contributed by atoms with Crippen molar-refractivity contribution in [2.45, 2.75) is 57.7 Å². The van der Waals surface area contributed by atoms with Crippen LogP contribution in [0.4, 0.5) is 0 Å². The summed E-state index contributed by atoms with van der Waals surface area (Å²) in [4.78, 5) is 17.0. The van der Waals surface area contributed by atoms with Crippen LogP contribution in [-0.4, -0.2) is 64.4 Å². The lowest BCUT2D eigenvalue weighted by atomic mass is 9.91. The Morgan fingerprint density at radius 1 is 1.33 bits per heavy atom. The first kappa shape index (κ1) is 17.4. The van der Waals surface area contributed by atoms with Crippen LogP contribution >= 0.6 is 0 Å². The summed E-state index contributed by atoms with van der Waals surface area (Å²) in [6, 6.07) is 0.367. The maximum Gasteiger partial charge on any atom is 0.236 e. The lowest BCUT2D eigenvalue weighted by Crippen LogP contribution is -2.63. The number of methoxy groups -OCH3 is 1. The number of hydrogen-bond acceptors (Lipinski definition) is 4. The summed E-state index contributed by atoms with van der Waals surface area (Å²) in [5.74, 6) is 0.223. The average Bonchev–Trinajstić information content (AvgIpc) is 3.19. The Hall–Kier alpha value is -1.40. The third-order valence-electron chi connectivity index (χ3n) is 5.49. The van der Waals surface area contributed by atoms with Crippen LogP contribution in [0.15, 0.2) is 12.4 Å². The van der Waals surface area contributed by atoms with Crippen molar-refractivity contribution in [2.75, 3.05) is 33.4 Å². The lowest BCUT2D eigenvalue weighted by molar-refractivity contribution is -0.144. The van der Waals surface area contributed by atoms with Crippen molar-refractivity contribution in [1.29, 1.82) is 0 Å². The Balaban J connectivity index is 1.74. The highest BCUT2D eigenvalue weighted by Gasteiger charge is 2.46. The number of ether oxygens (including phenoxy) is 1. The Labute approximate surface area is 144 Å². The van der Waals surface area contributed by atoms with E-state index >= 15 is 0 Å². The van der Waals surface area contributed by atoms with Crippen molar-refractivity contribution in [3.05, 3.63) is 18.0 Å². The number of hydrogen-bond donors (Lipinski definition) is 0. The van der Waals surface area contributed by atoms with Gasteiger partial charge in [-0.15, -0.1) is 0 Å². The number of rotatable bonds is 6. The van der Waals surface area contributed by atoms with E-state index in [4.69, 9.17) is 4.74 Å². The van der Waals surface area contributed by atoms with Gasteiger partial charge in [0.2, 0.25) is 5.91 Å². The first-order valence-electron chi connectivity index (χ1n) is 9.09. The molecule has 0 atom stereocenters. The van der Waals surface area contributed by atoms with E-state index in [9.17, 15) is 4.79 Å². The van der Waals surface area contributed by atoms with E-state index in [0.29, 0.717) is 25.7 Å². The Kier molecular flexibility index (Phi) is 5.25. The number of piperazine rings is 1. The maximum atomic E-state index is 12.6. The van der Waals surface area contributed by atoms with Crippen molar-refractivity contribution in [2.24, 2.45) is 0 Å². The molecule has 6 heteroatoms. The van der Waals surface area contributed by atoms with Gasteiger partial charge in [-0.25, -0.2) is 0 Å². The van der Waals surface area contributed by atoms with Gasteiger partial charge in [0.25, 0.3) is 0 Å². The minimum absolute atomic E-state index is 0.140. The molecule has 0 bridgehead atoms. The third kappa shape index (κ3) is 3.49. The highest BCUT2D eigenvalue weighted by atomic mass is 16.5. The molecule has 1 saturated heterocycles.